The monoisotopic (exact) mass is 687 g/mol. The Balaban J connectivity index is 2.09. The minimum atomic E-state index is -4.01. The number of halogens is 4. The molecule has 3 aromatic carbocycles. The van der Waals surface area contributed by atoms with E-state index < -0.39 is 28.5 Å². The Morgan fingerprint density at radius 3 is 2.08 bits per heavy atom. The van der Waals surface area contributed by atoms with Gasteiger partial charge < -0.3 is 10.2 Å². The first kappa shape index (κ1) is 32.2. The van der Waals surface area contributed by atoms with Crippen molar-refractivity contribution in [3.05, 3.63) is 97.4 Å². The highest BCUT2D eigenvalue weighted by Gasteiger charge is 2.34. The molecule has 0 fully saturated rings. The number of nitrogens with one attached hydrogen (secondary N) is 1. The Bertz CT molecular complexity index is 1460. The van der Waals surface area contributed by atoms with E-state index in [2.05, 4.69) is 21.2 Å². The number of nitrogens with zero attached hydrogens (tertiary/aromatic N) is 2. The fourth-order valence-corrected chi connectivity index (χ4v) is 5.83. The summed E-state index contributed by atoms with van der Waals surface area (Å²) in [6.07, 6.45) is 1.18. The molecule has 0 aliphatic heterocycles. The lowest BCUT2D eigenvalue weighted by molar-refractivity contribution is -0.140. The van der Waals surface area contributed by atoms with Gasteiger partial charge >= 0.3 is 0 Å². The Kier molecular flexibility index (Phi) is 11.3. The molecule has 1 unspecified atom stereocenters. The maximum Gasteiger partial charge on any atom is 0.244 e. The SMILES string of the molecule is CC(C)NC(=O)C(Cc1ccccc1)N(Cc1ccc(Br)cc1)C(=O)CN(c1cc(Cl)c(Cl)cc1Cl)S(C)(=O)=O. The molecule has 40 heavy (non-hydrogen) atoms. The number of carbonyl (C=O) groups excluding carboxylic acids is 2. The van der Waals surface area contributed by atoms with Crippen molar-refractivity contribution < 1.29 is 18.0 Å². The standard InChI is InChI=1S/C28H29BrCl3N3O4S/c1-18(2)33-28(37)26(13-19-7-5-4-6-8-19)34(16-20-9-11-21(29)12-10-20)27(36)17-35(40(3,38)39)25-15-23(31)22(30)14-24(25)32/h4-12,14-15,18,26H,13,16-17H2,1-3H3,(H,33,37). The summed E-state index contributed by atoms with van der Waals surface area (Å²) < 4.78 is 27.5. The lowest BCUT2D eigenvalue weighted by Crippen LogP contribution is -2.54. The second kappa shape index (κ2) is 14.0. The van der Waals surface area contributed by atoms with E-state index in [-0.39, 0.29) is 45.7 Å². The molecule has 7 nitrogen and oxygen atoms in total. The van der Waals surface area contributed by atoms with Gasteiger partial charge in [0, 0.05) is 23.5 Å². The number of hydrogen-bond donors (Lipinski definition) is 1. The largest absolute Gasteiger partial charge is 0.352 e. The van der Waals surface area contributed by atoms with Crippen molar-refractivity contribution in [1.29, 1.82) is 0 Å². The number of hydrogen-bond acceptors (Lipinski definition) is 4. The van der Waals surface area contributed by atoms with Crippen LogP contribution < -0.4 is 9.62 Å². The molecule has 0 aliphatic carbocycles. The van der Waals surface area contributed by atoms with Gasteiger partial charge in [-0.25, -0.2) is 8.42 Å². The molecule has 3 aromatic rings. The van der Waals surface area contributed by atoms with Crippen molar-refractivity contribution >= 4 is 78.3 Å². The summed E-state index contributed by atoms with van der Waals surface area (Å²) in [4.78, 5) is 29.0. The molecule has 3 rings (SSSR count). The number of carbonyl (C=O) groups is 2. The molecule has 0 saturated carbocycles. The minimum absolute atomic E-state index is 0.00162. The van der Waals surface area contributed by atoms with E-state index in [1.165, 1.54) is 17.0 Å². The Labute approximate surface area is 258 Å². The van der Waals surface area contributed by atoms with Crippen molar-refractivity contribution in [3.63, 3.8) is 0 Å². The van der Waals surface area contributed by atoms with Crippen LogP contribution in [0.3, 0.4) is 0 Å². The number of benzene rings is 3. The normalized spacial score (nSPS) is 12.2. The molecule has 214 valence electrons. The molecule has 0 radical (unpaired) electrons. The van der Waals surface area contributed by atoms with Crippen LogP contribution in [0.4, 0.5) is 5.69 Å². The van der Waals surface area contributed by atoms with E-state index in [1.807, 2.05) is 68.4 Å². The van der Waals surface area contributed by atoms with Gasteiger partial charge in [-0.2, -0.15) is 0 Å². The first-order chi connectivity index (χ1) is 18.8. The third-order valence-electron chi connectivity index (χ3n) is 5.91. The molecule has 0 saturated heterocycles. The molecule has 1 atom stereocenters. The van der Waals surface area contributed by atoms with Crippen molar-refractivity contribution in [2.75, 3.05) is 17.1 Å². The maximum absolute atomic E-state index is 14.1. The summed E-state index contributed by atoms with van der Waals surface area (Å²) in [7, 11) is -4.01. The first-order valence-corrected chi connectivity index (χ1v) is 16.0. The summed E-state index contributed by atoms with van der Waals surface area (Å²) in [5.41, 5.74) is 1.60. The molecule has 0 spiro atoms. The Morgan fingerprint density at radius 2 is 1.50 bits per heavy atom. The lowest BCUT2D eigenvalue weighted by atomic mass is 10.0. The van der Waals surface area contributed by atoms with Gasteiger partial charge in [0.25, 0.3) is 0 Å². The molecular weight excluding hydrogens is 661 g/mol. The summed E-state index contributed by atoms with van der Waals surface area (Å²) in [5.74, 6) is -0.960. The van der Waals surface area contributed by atoms with Crippen LogP contribution in [-0.2, 0) is 32.6 Å². The van der Waals surface area contributed by atoms with Gasteiger partial charge in [-0.05, 0) is 49.2 Å². The smallest absolute Gasteiger partial charge is 0.244 e. The zero-order valence-electron chi connectivity index (χ0n) is 22.1. The summed E-state index contributed by atoms with van der Waals surface area (Å²) >= 11 is 22.0. The molecular formula is C28H29BrCl3N3O4S. The van der Waals surface area contributed by atoms with Crippen molar-refractivity contribution in [2.24, 2.45) is 0 Å². The summed E-state index contributed by atoms with van der Waals surface area (Å²) in [6, 6.07) is 18.1. The average molecular weight is 690 g/mol. The zero-order chi connectivity index (χ0) is 29.6. The molecule has 0 aliphatic rings. The van der Waals surface area contributed by atoms with E-state index in [9.17, 15) is 18.0 Å². The quantitative estimate of drug-likeness (QED) is 0.238. The number of amides is 2. The first-order valence-electron chi connectivity index (χ1n) is 12.3. The topological polar surface area (TPSA) is 86.8 Å². The molecule has 0 heterocycles. The van der Waals surface area contributed by atoms with Gasteiger partial charge in [-0.1, -0.05) is 93.2 Å². The van der Waals surface area contributed by atoms with Crippen molar-refractivity contribution in [3.8, 4) is 0 Å². The van der Waals surface area contributed by atoms with Crippen molar-refractivity contribution in [2.45, 2.75) is 38.9 Å². The predicted octanol–water partition coefficient (Wildman–Crippen LogP) is 6.34. The van der Waals surface area contributed by atoms with Crippen LogP contribution in [0.5, 0.6) is 0 Å². The lowest BCUT2D eigenvalue weighted by Gasteiger charge is -2.34. The Hall–Kier alpha value is -2.30. The van der Waals surface area contributed by atoms with Crippen molar-refractivity contribution in [1.82, 2.24) is 10.2 Å². The van der Waals surface area contributed by atoms with Crippen LogP contribution in [0.15, 0.2) is 71.2 Å². The highest BCUT2D eigenvalue weighted by Crippen LogP contribution is 2.35. The zero-order valence-corrected chi connectivity index (χ0v) is 26.7. The van der Waals surface area contributed by atoms with Crippen LogP contribution in [0, 0.1) is 0 Å². The second-order valence-corrected chi connectivity index (χ2v) is 13.5. The minimum Gasteiger partial charge on any atom is -0.352 e. The van der Waals surface area contributed by atoms with Crippen LogP contribution in [0.25, 0.3) is 0 Å². The van der Waals surface area contributed by atoms with E-state index in [0.29, 0.717) is 0 Å². The number of sulfonamides is 1. The summed E-state index contributed by atoms with van der Waals surface area (Å²) in [5, 5.41) is 3.13. The van der Waals surface area contributed by atoms with Crippen LogP contribution >= 0.6 is 50.7 Å². The fraction of sp³-hybridized carbons (Fsp3) is 0.286. The van der Waals surface area contributed by atoms with E-state index in [4.69, 9.17) is 34.8 Å². The molecule has 0 aromatic heterocycles. The Morgan fingerprint density at radius 1 is 0.900 bits per heavy atom. The molecule has 12 heteroatoms. The maximum atomic E-state index is 14.1. The average Bonchev–Trinajstić information content (AvgIpc) is 2.87. The van der Waals surface area contributed by atoms with Crippen LogP contribution in [0.1, 0.15) is 25.0 Å². The van der Waals surface area contributed by atoms with Crippen LogP contribution in [0.2, 0.25) is 15.1 Å². The number of rotatable bonds is 11. The predicted molar refractivity (Wildman–Crippen MR) is 166 cm³/mol. The van der Waals surface area contributed by atoms with Gasteiger partial charge in [-0.15, -0.1) is 0 Å². The van der Waals surface area contributed by atoms with E-state index >= 15 is 0 Å². The van der Waals surface area contributed by atoms with Gasteiger partial charge in [-0.3, -0.25) is 13.9 Å². The van der Waals surface area contributed by atoms with E-state index in [0.717, 1.165) is 26.2 Å². The molecule has 0 bridgehead atoms. The fourth-order valence-electron chi connectivity index (χ4n) is 4.02. The molecule has 1 N–H and O–H groups in total. The van der Waals surface area contributed by atoms with E-state index in [1.54, 1.807) is 0 Å². The van der Waals surface area contributed by atoms with Gasteiger partial charge in [0.05, 0.1) is 27.0 Å². The van der Waals surface area contributed by atoms with Gasteiger partial charge in [0.15, 0.2) is 0 Å². The number of anilines is 1. The van der Waals surface area contributed by atoms with Crippen LogP contribution in [-0.4, -0.2) is 50.0 Å². The highest BCUT2D eigenvalue weighted by molar-refractivity contribution is 9.10. The highest BCUT2D eigenvalue weighted by atomic mass is 79.9. The van der Waals surface area contributed by atoms with Gasteiger partial charge in [0.1, 0.15) is 12.6 Å². The third kappa shape index (κ3) is 8.85. The summed E-state index contributed by atoms with van der Waals surface area (Å²) in [6.45, 7) is 3.10. The van der Waals surface area contributed by atoms with Gasteiger partial charge in [0.2, 0.25) is 21.8 Å². The second-order valence-electron chi connectivity index (χ2n) is 9.50. The third-order valence-corrected chi connectivity index (χ3v) is 8.59. The molecule has 2 amide bonds.